The lowest BCUT2D eigenvalue weighted by Gasteiger charge is -2.34. The van der Waals surface area contributed by atoms with E-state index in [0.29, 0.717) is 43.5 Å². The Labute approximate surface area is 152 Å². The first kappa shape index (κ1) is 17.9. The lowest BCUT2D eigenvalue weighted by Crippen LogP contribution is -2.50. The molecule has 0 aliphatic carbocycles. The van der Waals surface area contributed by atoms with Crippen LogP contribution in [0.5, 0.6) is 0 Å². The summed E-state index contributed by atoms with van der Waals surface area (Å²) in [6, 6.07) is 6.79. The number of furan rings is 1. The van der Waals surface area contributed by atoms with E-state index in [4.69, 9.17) is 4.42 Å². The lowest BCUT2D eigenvalue weighted by molar-refractivity contribution is 0.0514. The zero-order valence-electron chi connectivity index (χ0n) is 14.9. The smallest absolute Gasteiger partial charge is 0.289 e. The van der Waals surface area contributed by atoms with Crippen LogP contribution in [0, 0.1) is 0 Å². The van der Waals surface area contributed by atoms with E-state index in [2.05, 4.69) is 22.4 Å². The summed E-state index contributed by atoms with van der Waals surface area (Å²) >= 11 is 0. The van der Waals surface area contributed by atoms with Crippen LogP contribution in [0.3, 0.4) is 0 Å². The molecule has 1 N–H and O–H groups in total. The molecule has 26 heavy (non-hydrogen) atoms. The Kier molecular flexibility index (Phi) is 5.83. The summed E-state index contributed by atoms with van der Waals surface area (Å²) in [5, 5.41) is 11.3. The number of aromatic nitrogens is 2. The monoisotopic (exact) mass is 357 g/mol. The Morgan fingerprint density at radius 1 is 1.08 bits per heavy atom. The molecule has 2 amide bonds. The van der Waals surface area contributed by atoms with Crippen molar-refractivity contribution < 1.29 is 14.0 Å². The van der Waals surface area contributed by atoms with Gasteiger partial charge >= 0.3 is 0 Å². The SMILES string of the molecule is CCCCNc1ccc(C(=O)N2CCN(C(=O)c3ccco3)CC2)nn1. The molecule has 138 valence electrons. The van der Waals surface area contributed by atoms with Crippen molar-refractivity contribution in [2.24, 2.45) is 0 Å². The van der Waals surface area contributed by atoms with Crippen LogP contribution in [-0.2, 0) is 0 Å². The maximum absolute atomic E-state index is 12.6. The van der Waals surface area contributed by atoms with Crippen molar-refractivity contribution in [1.29, 1.82) is 0 Å². The van der Waals surface area contributed by atoms with Crippen LogP contribution in [-0.4, -0.2) is 64.5 Å². The van der Waals surface area contributed by atoms with Gasteiger partial charge in [0.05, 0.1) is 6.26 Å². The topological polar surface area (TPSA) is 91.6 Å². The van der Waals surface area contributed by atoms with Crippen LogP contribution in [0.4, 0.5) is 5.82 Å². The van der Waals surface area contributed by atoms with E-state index < -0.39 is 0 Å². The highest BCUT2D eigenvalue weighted by Gasteiger charge is 2.27. The summed E-state index contributed by atoms with van der Waals surface area (Å²) in [4.78, 5) is 28.2. The molecule has 3 heterocycles. The molecular weight excluding hydrogens is 334 g/mol. The third kappa shape index (κ3) is 4.19. The fraction of sp³-hybridized carbons (Fsp3) is 0.444. The minimum atomic E-state index is -0.164. The average molecular weight is 357 g/mol. The molecular formula is C18H23N5O3. The molecule has 0 unspecified atom stereocenters. The van der Waals surface area contributed by atoms with Crippen molar-refractivity contribution in [2.45, 2.75) is 19.8 Å². The molecule has 1 fully saturated rings. The summed E-state index contributed by atoms with van der Waals surface area (Å²) in [7, 11) is 0. The van der Waals surface area contributed by atoms with Gasteiger partial charge in [0.25, 0.3) is 11.8 Å². The van der Waals surface area contributed by atoms with Gasteiger partial charge < -0.3 is 19.5 Å². The number of nitrogens with one attached hydrogen (secondary N) is 1. The Hall–Kier alpha value is -2.90. The molecule has 0 aromatic carbocycles. The Morgan fingerprint density at radius 2 is 1.81 bits per heavy atom. The van der Waals surface area contributed by atoms with Gasteiger partial charge in [0.15, 0.2) is 11.5 Å². The molecule has 2 aromatic rings. The number of unbranched alkanes of at least 4 members (excludes halogenated alkanes) is 1. The molecule has 0 bridgehead atoms. The summed E-state index contributed by atoms with van der Waals surface area (Å²) in [6.07, 6.45) is 3.64. The standard InChI is InChI=1S/C18H23N5O3/c1-2-3-8-19-16-7-6-14(20-21-16)17(24)22-9-11-23(12-10-22)18(25)15-5-4-13-26-15/h4-7,13H,2-3,8-12H2,1H3,(H,19,21). The molecule has 1 saturated heterocycles. The Balaban J connectivity index is 1.52. The van der Waals surface area contributed by atoms with E-state index in [1.165, 1.54) is 6.26 Å². The van der Waals surface area contributed by atoms with Crippen LogP contribution < -0.4 is 5.32 Å². The molecule has 0 radical (unpaired) electrons. The molecule has 1 aliphatic rings. The summed E-state index contributed by atoms with van der Waals surface area (Å²) < 4.78 is 5.14. The highest BCUT2D eigenvalue weighted by Crippen LogP contribution is 2.12. The normalized spacial score (nSPS) is 14.3. The first-order chi connectivity index (χ1) is 12.7. The van der Waals surface area contributed by atoms with Gasteiger partial charge in [-0.05, 0) is 30.7 Å². The van der Waals surface area contributed by atoms with Crippen molar-refractivity contribution >= 4 is 17.6 Å². The average Bonchev–Trinajstić information content (AvgIpc) is 3.23. The predicted octanol–water partition coefficient (Wildman–Crippen LogP) is 1.88. The Bertz CT molecular complexity index is 722. The first-order valence-corrected chi connectivity index (χ1v) is 8.88. The van der Waals surface area contributed by atoms with E-state index in [1.807, 2.05) is 0 Å². The minimum absolute atomic E-state index is 0.149. The van der Waals surface area contributed by atoms with E-state index in [1.54, 1.807) is 34.1 Å². The highest BCUT2D eigenvalue weighted by molar-refractivity contribution is 5.93. The van der Waals surface area contributed by atoms with Crippen molar-refractivity contribution in [3.05, 3.63) is 42.0 Å². The van der Waals surface area contributed by atoms with Gasteiger partial charge in [0, 0.05) is 32.7 Å². The van der Waals surface area contributed by atoms with Crippen molar-refractivity contribution in [2.75, 3.05) is 38.0 Å². The first-order valence-electron chi connectivity index (χ1n) is 8.88. The van der Waals surface area contributed by atoms with E-state index in [0.717, 1.165) is 19.4 Å². The van der Waals surface area contributed by atoms with Crippen LogP contribution in [0.25, 0.3) is 0 Å². The lowest BCUT2D eigenvalue weighted by atomic mass is 10.2. The van der Waals surface area contributed by atoms with Crippen LogP contribution in [0.1, 0.15) is 40.8 Å². The predicted molar refractivity (Wildman–Crippen MR) is 95.9 cm³/mol. The van der Waals surface area contributed by atoms with Gasteiger partial charge in [0.2, 0.25) is 0 Å². The number of piperazine rings is 1. The molecule has 1 aliphatic heterocycles. The molecule has 0 saturated carbocycles. The summed E-state index contributed by atoms with van der Waals surface area (Å²) in [5.74, 6) is 0.678. The van der Waals surface area contributed by atoms with Gasteiger partial charge in [-0.15, -0.1) is 10.2 Å². The maximum atomic E-state index is 12.6. The molecule has 3 rings (SSSR count). The molecule has 8 nitrogen and oxygen atoms in total. The molecule has 0 atom stereocenters. The summed E-state index contributed by atoms with van der Waals surface area (Å²) in [6.45, 7) is 4.82. The number of carbonyl (C=O) groups excluding carboxylic acids is 2. The second-order valence-corrected chi connectivity index (χ2v) is 6.15. The van der Waals surface area contributed by atoms with Crippen molar-refractivity contribution in [3.8, 4) is 0 Å². The van der Waals surface area contributed by atoms with Crippen LogP contribution in [0.2, 0.25) is 0 Å². The van der Waals surface area contributed by atoms with Gasteiger partial charge in [-0.3, -0.25) is 9.59 Å². The van der Waals surface area contributed by atoms with Gasteiger partial charge in [0.1, 0.15) is 5.82 Å². The Morgan fingerprint density at radius 3 is 2.38 bits per heavy atom. The summed E-state index contributed by atoms with van der Waals surface area (Å²) in [5.41, 5.74) is 0.317. The minimum Gasteiger partial charge on any atom is -0.459 e. The third-order valence-corrected chi connectivity index (χ3v) is 4.31. The molecule has 2 aromatic heterocycles. The van der Waals surface area contributed by atoms with Gasteiger partial charge in [-0.25, -0.2) is 0 Å². The third-order valence-electron chi connectivity index (χ3n) is 4.31. The second-order valence-electron chi connectivity index (χ2n) is 6.15. The number of rotatable bonds is 6. The molecule has 8 heteroatoms. The number of hydrogen-bond acceptors (Lipinski definition) is 6. The van der Waals surface area contributed by atoms with Gasteiger partial charge in [-0.2, -0.15) is 0 Å². The fourth-order valence-corrected chi connectivity index (χ4v) is 2.76. The zero-order valence-corrected chi connectivity index (χ0v) is 14.9. The number of nitrogens with zero attached hydrogens (tertiary/aromatic N) is 4. The van der Waals surface area contributed by atoms with Gasteiger partial charge in [-0.1, -0.05) is 13.3 Å². The fourth-order valence-electron chi connectivity index (χ4n) is 2.76. The molecule has 0 spiro atoms. The van der Waals surface area contributed by atoms with Crippen LogP contribution >= 0.6 is 0 Å². The zero-order chi connectivity index (χ0) is 18.4. The number of amides is 2. The van der Waals surface area contributed by atoms with E-state index >= 15 is 0 Å². The van der Waals surface area contributed by atoms with E-state index in [-0.39, 0.29) is 11.8 Å². The highest BCUT2D eigenvalue weighted by atomic mass is 16.3. The quantitative estimate of drug-likeness (QED) is 0.794. The number of carbonyl (C=O) groups is 2. The van der Waals surface area contributed by atoms with Crippen LogP contribution in [0.15, 0.2) is 34.9 Å². The second kappa shape index (κ2) is 8.46. The largest absolute Gasteiger partial charge is 0.459 e. The maximum Gasteiger partial charge on any atom is 0.289 e. The van der Waals surface area contributed by atoms with Crippen molar-refractivity contribution in [3.63, 3.8) is 0 Å². The van der Waals surface area contributed by atoms with E-state index in [9.17, 15) is 9.59 Å². The number of anilines is 1. The van der Waals surface area contributed by atoms with Crippen molar-refractivity contribution in [1.82, 2.24) is 20.0 Å². The number of hydrogen-bond donors (Lipinski definition) is 1.